The molecule has 3 nitrogen and oxygen atoms in total. The summed E-state index contributed by atoms with van der Waals surface area (Å²) in [5, 5.41) is 0. The number of aryl methyl sites for hydroxylation is 1. The lowest BCUT2D eigenvalue weighted by atomic mass is 10.0. The second kappa shape index (κ2) is 2.83. The first-order valence-corrected chi connectivity index (χ1v) is 4.49. The largest absolute Gasteiger partial charge is 0.341 e. The first kappa shape index (κ1) is 8.23. The van der Waals surface area contributed by atoms with Crippen molar-refractivity contribution in [1.82, 2.24) is 15.0 Å². The van der Waals surface area contributed by atoms with E-state index in [9.17, 15) is 0 Å². The molecule has 0 aliphatic carbocycles. The van der Waals surface area contributed by atoms with Crippen LogP contribution >= 0.6 is 0 Å². The summed E-state index contributed by atoms with van der Waals surface area (Å²) in [6.07, 6.45) is 1.82. The van der Waals surface area contributed by atoms with E-state index < -0.39 is 0 Å². The standard InChI is InChI=1S/C10H13N3/c1-6(2)8-4-5-11-10-9(8)12-7(3)13-10/h4-6H,1-3H3,(H,11,12,13). The molecule has 2 rings (SSSR count). The Balaban J connectivity index is 2.75. The number of imidazole rings is 1. The van der Waals surface area contributed by atoms with Crippen LogP contribution in [0.3, 0.4) is 0 Å². The molecular formula is C10H13N3. The molecule has 2 heterocycles. The van der Waals surface area contributed by atoms with E-state index in [-0.39, 0.29) is 0 Å². The number of aromatic amines is 1. The van der Waals surface area contributed by atoms with Crippen LogP contribution in [0.2, 0.25) is 0 Å². The molecule has 0 fully saturated rings. The quantitative estimate of drug-likeness (QED) is 0.723. The minimum absolute atomic E-state index is 0.505. The van der Waals surface area contributed by atoms with Crippen LogP contribution in [0.4, 0.5) is 0 Å². The molecule has 1 N–H and O–H groups in total. The van der Waals surface area contributed by atoms with Gasteiger partial charge in [-0.2, -0.15) is 0 Å². The van der Waals surface area contributed by atoms with Crippen LogP contribution in [0.5, 0.6) is 0 Å². The van der Waals surface area contributed by atoms with E-state index in [4.69, 9.17) is 0 Å². The SMILES string of the molecule is Cc1nc2nccc(C(C)C)c2[nH]1. The van der Waals surface area contributed by atoms with E-state index in [0.29, 0.717) is 5.92 Å². The van der Waals surface area contributed by atoms with Gasteiger partial charge in [0.25, 0.3) is 0 Å². The molecular weight excluding hydrogens is 162 g/mol. The summed E-state index contributed by atoms with van der Waals surface area (Å²) in [7, 11) is 0. The highest BCUT2D eigenvalue weighted by molar-refractivity contribution is 5.75. The van der Waals surface area contributed by atoms with E-state index in [1.54, 1.807) is 0 Å². The van der Waals surface area contributed by atoms with Gasteiger partial charge in [0.2, 0.25) is 0 Å². The summed E-state index contributed by atoms with van der Waals surface area (Å²) in [6.45, 7) is 6.29. The maximum absolute atomic E-state index is 4.29. The van der Waals surface area contributed by atoms with Crippen molar-refractivity contribution in [2.24, 2.45) is 0 Å². The van der Waals surface area contributed by atoms with Crippen LogP contribution < -0.4 is 0 Å². The van der Waals surface area contributed by atoms with Crippen LogP contribution in [-0.2, 0) is 0 Å². The molecule has 0 amide bonds. The van der Waals surface area contributed by atoms with Gasteiger partial charge in [-0.25, -0.2) is 9.97 Å². The third-order valence-electron chi connectivity index (χ3n) is 2.16. The molecule has 0 aliphatic rings. The van der Waals surface area contributed by atoms with Gasteiger partial charge in [-0.05, 0) is 24.5 Å². The average molecular weight is 175 g/mol. The molecule has 3 heteroatoms. The van der Waals surface area contributed by atoms with E-state index in [0.717, 1.165) is 17.0 Å². The summed E-state index contributed by atoms with van der Waals surface area (Å²) >= 11 is 0. The summed E-state index contributed by atoms with van der Waals surface area (Å²) in [6, 6.07) is 2.05. The molecule has 0 atom stereocenters. The van der Waals surface area contributed by atoms with Crippen molar-refractivity contribution in [3.05, 3.63) is 23.7 Å². The topological polar surface area (TPSA) is 41.6 Å². The van der Waals surface area contributed by atoms with Crippen LogP contribution in [0.25, 0.3) is 11.2 Å². The van der Waals surface area contributed by atoms with Crippen molar-refractivity contribution >= 4 is 11.2 Å². The molecule has 0 radical (unpaired) electrons. The summed E-state index contributed by atoms with van der Waals surface area (Å²) < 4.78 is 0. The first-order chi connectivity index (χ1) is 6.18. The zero-order chi connectivity index (χ0) is 9.42. The predicted molar refractivity (Wildman–Crippen MR) is 52.7 cm³/mol. The molecule has 2 aromatic heterocycles. The van der Waals surface area contributed by atoms with E-state index >= 15 is 0 Å². The van der Waals surface area contributed by atoms with Crippen molar-refractivity contribution in [2.45, 2.75) is 26.7 Å². The van der Waals surface area contributed by atoms with Crippen molar-refractivity contribution < 1.29 is 0 Å². The average Bonchev–Trinajstić information content (AvgIpc) is 2.43. The first-order valence-electron chi connectivity index (χ1n) is 4.49. The Labute approximate surface area is 77.2 Å². The van der Waals surface area contributed by atoms with Gasteiger partial charge in [0.1, 0.15) is 5.82 Å². The molecule has 13 heavy (non-hydrogen) atoms. The summed E-state index contributed by atoms with van der Waals surface area (Å²) in [5.41, 5.74) is 3.18. The lowest BCUT2D eigenvalue weighted by Crippen LogP contribution is -1.90. The molecule has 0 saturated carbocycles. The monoisotopic (exact) mass is 175 g/mol. The zero-order valence-electron chi connectivity index (χ0n) is 8.13. The van der Waals surface area contributed by atoms with Gasteiger partial charge in [0, 0.05) is 6.20 Å². The number of aromatic nitrogens is 3. The van der Waals surface area contributed by atoms with Crippen LogP contribution in [-0.4, -0.2) is 15.0 Å². The molecule has 0 bridgehead atoms. The normalized spacial score (nSPS) is 11.4. The second-order valence-electron chi connectivity index (χ2n) is 3.58. The Morgan fingerprint density at radius 3 is 2.85 bits per heavy atom. The number of hydrogen-bond donors (Lipinski definition) is 1. The van der Waals surface area contributed by atoms with Gasteiger partial charge in [0.15, 0.2) is 5.65 Å². The minimum Gasteiger partial charge on any atom is -0.341 e. The van der Waals surface area contributed by atoms with Gasteiger partial charge >= 0.3 is 0 Å². The maximum atomic E-state index is 4.29. The van der Waals surface area contributed by atoms with E-state index in [2.05, 4.69) is 28.8 Å². The molecule has 0 aromatic carbocycles. The molecule has 68 valence electrons. The number of nitrogens with zero attached hydrogens (tertiary/aromatic N) is 2. The Bertz CT molecular complexity index is 429. The number of hydrogen-bond acceptors (Lipinski definition) is 2. The highest BCUT2D eigenvalue weighted by atomic mass is 15.0. The number of rotatable bonds is 1. The van der Waals surface area contributed by atoms with Crippen molar-refractivity contribution in [3.8, 4) is 0 Å². The Hall–Kier alpha value is -1.38. The molecule has 0 saturated heterocycles. The van der Waals surface area contributed by atoms with E-state index in [1.165, 1.54) is 5.56 Å². The number of nitrogens with one attached hydrogen (secondary N) is 1. The van der Waals surface area contributed by atoms with Crippen LogP contribution in [0.15, 0.2) is 12.3 Å². The maximum Gasteiger partial charge on any atom is 0.177 e. The van der Waals surface area contributed by atoms with Crippen molar-refractivity contribution in [1.29, 1.82) is 0 Å². The Morgan fingerprint density at radius 2 is 2.15 bits per heavy atom. The number of pyridine rings is 1. The summed E-state index contributed by atoms with van der Waals surface area (Å²) in [4.78, 5) is 11.7. The van der Waals surface area contributed by atoms with Crippen molar-refractivity contribution in [2.75, 3.05) is 0 Å². The molecule has 2 aromatic rings. The molecule has 0 aliphatic heterocycles. The van der Waals surface area contributed by atoms with Gasteiger partial charge in [-0.1, -0.05) is 13.8 Å². The summed E-state index contributed by atoms with van der Waals surface area (Å²) in [5.74, 6) is 1.43. The third-order valence-corrected chi connectivity index (χ3v) is 2.16. The Kier molecular flexibility index (Phi) is 1.79. The number of H-pyrrole nitrogens is 1. The highest BCUT2D eigenvalue weighted by Crippen LogP contribution is 2.21. The fraction of sp³-hybridized carbons (Fsp3) is 0.400. The fourth-order valence-corrected chi connectivity index (χ4v) is 1.53. The highest BCUT2D eigenvalue weighted by Gasteiger charge is 2.08. The number of fused-ring (bicyclic) bond motifs is 1. The lowest BCUT2D eigenvalue weighted by molar-refractivity contribution is 0.871. The van der Waals surface area contributed by atoms with E-state index in [1.807, 2.05) is 19.2 Å². The van der Waals surface area contributed by atoms with Gasteiger partial charge < -0.3 is 4.98 Å². The third kappa shape index (κ3) is 1.30. The van der Waals surface area contributed by atoms with Crippen LogP contribution in [0.1, 0.15) is 31.2 Å². The second-order valence-corrected chi connectivity index (χ2v) is 3.58. The predicted octanol–water partition coefficient (Wildman–Crippen LogP) is 2.39. The lowest BCUT2D eigenvalue weighted by Gasteiger charge is -2.04. The molecule has 0 spiro atoms. The molecule has 0 unspecified atom stereocenters. The van der Waals surface area contributed by atoms with Gasteiger partial charge in [-0.3, -0.25) is 0 Å². The fourth-order valence-electron chi connectivity index (χ4n) is 1.53. The van der Waals surface area contributed by atoms with Gasteiger partial charge in [0.05, 0.1) is 5.52 Å². The van der Waals surface area contributed by atoms with Gasteiger partial charge in [-0.15, -0.1) is 0 Å². The van der Waals surface area contributed by atoms with Crippen LogP contribution in [0, 0.1) is 6.92 Å². The zero-order valence-corrected chi connectivity index (χ0v) is 8.13. The smallest absolute Gasteiger partial charge is 0.177 e. The van der Waals surface area contributed by atoms with Crippen molar-refractivity contribution in [3.63, 3.8) is 0 Å². The Morgan fingerprint density at radius 1 is 1.38 bits per heavy atom. The minimum atomic E-state index is 0.505.